The lowest BCUT2D eigenvalue weighted by Crippen LogP contribution is -2.15. The molecule has 0 spiro atoms. The third-order valence-corrected chi connectivity index (χ3v) is 3.47. The molecule has 0 aliphatic rings. The van der Waals surface area contributed by atoms with Gasteiger partial charge in [-0.2, -0.15) is 0 Å². The Labute approximate surface area is 131 Å². The highest BCUT2D eigenvalue weighted by molar-refractivity contribution is 5.73. The number of halogens is 1. The van der Waals surface area contributed by atoms with E-state index in [-0.39, 0.29) is 11.8 Å². The van der Waals surface area contributed by atoms with E-state index >= 15 is 0 Å². The predicted octanol–water partition coefficient (Wildman–Crippen LogP) is 2.34. The first-order valence-corrected chi connectivity index (χ1v) is 6.87. The lowest BCUT2D eigenvalue weighted by Gasteiger charge is -2.13. The second-order valence-corrected chi connectivity index (χ2v) is 4.95. The molecule has 0 unspecified atom stereocenters. The van der Waals surface area contributed by atoms with E-state index in [4.69, 9.17) is 5.73 Å². The Kier molecular flexibility index (Phi) is 3.76. The lowest BCUT2D eigenvalue weighted by molar-refractivity contribution is -0.106. The van der Waals surface area contributed by atoms with Crippen LogP contribution < -0.4 is 11.2 Å². The van der Waals surface area contributed by atoms with E-state index in [0.717, 1.165) is 5.56 Å². The van der Waals surface area contributed by atoms with Crippen molar-refractivity contribution in [3.63, 3.8) is 0 Å². The number of benzene rings is 1. The Bertz CT molecular complexity index is 875. The average molecular weight is 311 g/mol. The summed E-state index contributed by atoms with van der Waals surface area (Å²) in [6.45, 7) is 1.87. The van der Waals surface area contributed by atoms with Crippen LogP contribution in [0.5, 0.6) is 0 Å². The lowest BCUT2D eigenvalue weighted by atomic mass is 10.1. The van der Waals surface area contributed by atoms with E-state index in [1.165, 1.54) is 23.0 Å². The molecule has 0 saturated heterocycles. The molecule has 3 rings (SSSR count). The number of anilines is 1. The number of nitrogens with zero attached hydrogens (tertiary/aromatic N) is 3. The number of nitrogens with one attached hydrogen (secondary N) is 1. The molecule has 0 saturated carbocycles. The maximum Gasteiger partial charge on any atom is 0.226 e. The fourth-order valence-electron chi connectivity index (χ4n) is 2.43. The summed E-state index contributed by atoms with van der Waals surface area (Å²) in [6, 6.07) is 9.74. The van der Waals surface area contributed by atoms with Gasteiger partial charge in [0.1, 0.15) is 5.82 Å². The van der Waals surface area contributed by atoms with E-state index in [0.29, 0.717) is 29.1 Å². The first kappa shape index (κ1) is 14.7. The summed E-state index contributed by atoms with van der Waals surface area (Å²) in [5.41, 5.74) is 11.6. The molecule has 3 aromatic rings. The van der Waals surface area contributed by atoms with Gasteiger partial charge in [-0.3, -0.25) is 14.9 Å². The largest absolute Gasteiger partial charge is 0.368 e. The maximum absolute atomic E-state index is 13.6. The molecule has 0 atom stereocenters. The number of nitrogen functional groups attached to an aromatic ring is 1. The van der Waals surface area contributed by atoms with E-state index < -0.39 is 0 Å². The number of amides is 1. The van der Waals surface area contributed by atoms with Crippen molar-refractivity contribution in [2.75, 3.05) is 11.2 Å². The van der Waals surface area contributed by atoms with Gasteiger partial charge in [0, 0.05) is 11.8 Å². The Balaban J connectivity index is 2.20. The smallest absolute Gasteiger partial charge is 0.226 e. The second-order valence-electron chi connectivity index (χ2n) is 4.95. The van der Waals surface area contributed by atoms with Gasteiger partial charge in [-0.1, -0.05) is 6.07 Å². The minimum absolute atomic E-state index is 0.129. The minimum atomic E-state index is -0.350. The normalized spacial score (nSPS) is 10.5. The number of aryl methyl sites for hydroxylation is 1. The number of rotatable bonds is 4. The van der Waals surface area contributed by atoms with Crippen LogP contribution in [0.4, 0.5) is 10.3 Å². The molecular weight excluding hydrogens is 297 g/mol. The zero-order valence-electron chi connectivity index (χ0n) is 12.3. The summed E-state index contributed by atoms with van der Waals surface area (Å²) in [5, 5.41) is 0. The van der Waals surface area contributed by atoms with Crippen LogP contribution in [0.25, 0.3) is 22.6 Å². The highest BCUT2D eigenvalue weighted by atomic mass is 19.1. The van der Waals surface area contributed by atoms with Crippen molar-refractivity contribution in [1.29, 1.82) is 0 Å². The second kappa shape index (κ2) is 5.88. The van der Waals surface area contributed by atoms with Crippen LogP contribution in [-0.4, -0.2) is 21.1 Å². The zero-order chi connectivity index (χ0) is 16.4. The molecule has 0 bridgehead atoms. The van der Waals surface area contributed by atoms with Crippen molar-refractivity contribution in [2.24, 2.45) is 0 Å². The van der Waals surface area contributed by atoms with Crippen molar-refractivity contribution in [3.8, 4) is 22.6 Å². The van der Waals surface area contributed by atoms with E-state index in [9.17, 15) is 9.18 Å². The van der Waals surface area contributed by atoms with Gasteiger partial charge in [0.05, 0.1) is 17.1 Å². The quantitative estimate of drug-likeness (QED) is 0.724. The fraction of sp³-hybridized carbons (Fsp3) is 0.0625. The number of hydrogen-bond donors (Lipinski definition) is 2. The molecule has 0 fully saturated rings. The van der Waals surface area contributed by atoms with Gasteiger partial charge in [-0.15, -0.1) is 0 Å². The van der Waals surface area contributed by atoms with E-state index in [1.807, 2.05) is 6.92 Å². The maximum atomic E-state index is 13.6. The van der Waals surface area contributed by atoms with Gasteiger partial charge in [-0.25, -0.2) is 14.4 Å². The Morgan fingerprint density at radius 3 is 2.74 bits per heavy atom. The van der Waals surface area contributed by atoms with E-state index in [1.54, 1.807) is 24.3 Å². The number of hydrogen-bond acceptors (Lipinski definition) is 4. The van der Waals surface area contributed by atoms with Gasteiger partial charge in [-0.05, 0) is 42.8 Å². The van der Waals surface area contributed by atoms with Gasteiger partial charge >= 0.3 is 0 Å². The summed E-state index contributed by atoms with van der Waals surface area (Å²) >= 11 is 0. The zero-order valence-corrected chi connectivity index (χ0v) is 12.3. The highest BCUT2D eigenvalue weighted by Crippen LogP contribution is 2.29. The molecule has 116 valence electrons. The highest BCUT2D eigenvalue weighted by Gasteiger charge is 2.15. The molecule has 2 aromatic heterocycles. The van der Waals surface area contributed by atoms with Crippen LogP contribution in [0, 0.1) is 12.7 Å². The molecule has 0 aliphatic heterocycles. The molecule has 1 amide bonds. The van der Waals surface area contributed by atoms with Crippen LogP contribution in [-0.2, 0) is 4.79 Å². The predicted molar refractivity (Wildman–Crippen MR) is 85.4 cm³/mol. The third kappa shape index (κ3) is 2.76. The molecule has 3 N–H and O–H groups in total. The topological polar surface area (TPSA) is 85.8 Å². The summed E-state index contributed by atoms with van der Waals surface area (Å²) in [5.74, 6) is -0.220. The number of aromatic nitrogens is 3. The Morgan fingerprint density at radius 1 is 1.22 bits per heavy atom. The van der Waals surface area contributed by atoms with Crippen LogP contribution in [0.2, 0.25) is 0 Å². The first-order chi connectivity index (χ1) is 11.1. The van der Waals surface area contributed by atoms with Crippen molar-refractivity contribution < 1.29 is 9.18 Å². The van der Waals surface area contributed by atoms with E-state index in [2.05, 4.69) is 15.4 Å². The van der Waals surface area contributed by atoms with Crippen LogP contribution in [0.15, 0.2) is 42.6 Å². The third-order valence-electron chi connectivity index (χ3n) is 3.47. The summed E-state index contributed by atoms with van der Waals surface area (Å²) < 4.78 is 15.1. The van der Waals surface area contributed by atoms with Crippen molar-refractivity contribution >= 4 is 12.4 Å². The summed E-state index contributed by atoms with van der Waals surface area (Å²) in [4.78, 5) is 19.0. The molecule has 1 aromatic carbocycles. The van der Waals surface area contributed by atoms with Gasteiger partial charge < -0.3 is 5.73 Å². The van der Waals surface area contributed by atoms with Crippen molar-refractivity contribution in [3.05, 3.63) is 54.0 Å². The fourth-order valence-corrected chi connectivity index (χ4v) is 2.43. The monoisotopic (exact) mass is 311 g/mol. The Morgan fingerprint density at radius 2 is 2.00 bits per heavy atom. The summed E-state index contributed by atoms with van der Waals surface area (Å²) in [7, 11) is 0. The van der Waals surface area contributed by atoms with Gasteiger partial charge in [0.15, 0.2) is 0 Å². The molecule has 6 nitrogen and oxygen atoms in total. The first-order valence-electron chi connectivity index (χ1n) is 6.87. The van der Waals surface area contributed by atoms with Crippen molar-refractivity contribution in [1.82, 2.24) is 14.6 Å². The van der Waals surface area contributed by atoms with Gasteiger partial charge in [0.25, 0.3) is 0 Å². The Hall–Kier alpha value is -3.22. The number of carbonyl (C=O) groups excluding carboxylic acids is 1. The molecule has 0 aliphatic carbocycles. The molecule has 23 heavy (non-hydrogen) atoms. The standard InChI is InChI=1S/C16H14FN5O/c1-10-2-3-11(17)8-12(10)14-4-5-15(22(14)20-9-23)13-6-7-19-16(18)21-13/h2-9H,1H3,(H,20,23)(H2,18,19,21). The summed E-state index contributed by atoms with van der Waals surface area (Å²) in [6.07, 6.45) is 2.08. The molecular formula is C16H14FN5O. The average Bonchev–Trinajstić information content (AvgIpc) is 2.94. The minimum Gasteiger partial charge on any atom is -0.368 e. The molecule has 2 heterocycles. The SMILES string of the molecule is Cc1ccc(F)cc1-c1ccc(-c2ccnc(N)n2)n1NC=O. The molecule has 0 radical (unpaired) electrons. The van der Waals surface area contributed by atoms with Crippen LogP contribution in [0.3, 0.4) is 0 Å². The van der Waals surface area contributed by atoms with Crippen molar-refractivity contribution in [2.45, 2.75) is 6.92 Å². The van der Waals surface area contributed by atoms with Crippen LogP contribution in [0.1, 0.15) is 5.56 Å². The number of nitrogens with two attached hydrogens (primary N) is 1. The molecule has 7 heteroatoms. The number of carbonyl (C=O) groups is 1. The van der Waals surface area contributed by atoms with Gasteiger partial charge in [0.2, 0.25) is 12.4 Å². The van der Waals surface area contributed by atoms with Crippen LogP contribution >= 0.6 is 0 Å².